The second-order valence-electron chi connectivity index (χ2n) is 2.33. The molecule has 0 saturated carbocycles. The van der Waals surface area contributed by atoms with E-state index < -0.39 is 6.09 Å². The molecule has 1 aromatic rings. The molecule has 2 N–H and O–H groups in total. The number of carboxylic acid groups (broad SMARTS) is 1. The van der Waals surface area contributed by atoms with Crippen LogP contribution in [-0.2, 0) is 0 Å². The maximum atomic E-state index is 10.1. The molecule has 0 unspecified atom stereocenters. The highest BCUT2D eigenvalue weighted by Crippen LogP contribution is 2.09. The number of hydrogen-bond donors (Lipinski definition) is 2. The molecule has 0 radical (unpaired) electrons. The molecule has 0 aliphatic carbocycles. The van der Waals surface area contributed by atoms with E-state index in [1.807, 2.05) is 0 Å². The van der Waals surface area contributed by atoms with Crippen LogP contribution in [-0.4, -0.2) is 11.2 Å². The van der Waals surface area contributed by atoms with Gasteiger partial charge in [0.1, 0.15) is 0 Å². The summed E-state index contributed by atoms with van der Waals surface area (Å²) in [7, 11) is 0. The highest BCUT2D eigenvalue weighted by Gasteiger charge is 1.88. The Morgan fingerprint density at radius 1 is 1.38 bits per heavy atom. The van der Waals surface area contributed by atoms with E-state index in [1.165, 1.54) is 6.20 Å². The van der Waals surface area contributed by atoms with Crippen LogP contribution in [0.2, 0.25) is 5.02 Å². The van der Waals surface area contributed by atoms with E-state index in [9.17, 15) is 4.79 Å². The quantitative estimate of drug-likeness (QED) is 0.766. The minimum atomic E-state index is -1.08. The van der Waals surface area contributed by atoms with E-state index in [1.54, 1.807) is 30.3 Å². The molecular weight excluding hydrogens is 190 g/mol. The fourth-order valence-corrected chi connectivity index (χ4v) is 0.909. The Balaban J connectivity index is 2.59. The molecule has 0 bridgehead atoms. The first kappa shape index (κ1) is 9.61. The average molecular weight is 198 g/mol. The lowest BCUT2D eigenvalue weighted by atomic mass is 10.2. The second kappa shape index (κ2) is 4.52. The lowest BCUT2D eigenvalue weighted by molar-refractivity contribution is 0.198. The first-order valence-electron chi connectivity index (χ1n) is 3.60. The molecule has 0 heterocycles. The second-order valence-corrected chi connectivity index (χ2v) is 2.77. The van der Waals surface area contributed by atoms with Crippen molar-refractivity contribution in [3.05, 3.63) is 41.1 Å². The van der Waals surface area contributed by atoms with E-state index in [-0.39, 0.29) is 0 Å². The number of benzene rings is 1. The van der Waals surface area contributed by atoms with Gasteiger partial charge < -0.3 is 5.11 Å². The van der Waals surface area contributed by atoms with E-state index in [0.717, 1.165) is 5.56 Å². The minimum Gasteiger partial charge on any atom is -0.465 e. The standard InChI is InChI=1S/C9H8ClNO2/c10-8-3-1-7(2-4-8)5-6-11-9(12)13/h1-6,11H,(H,12,13)/b6-5+. The van der Waals surface area contributed by atoms with Gasteiger partial charge in [-0.15, -0.1) is 0 Å². The zero-order valence-electron chi connectivity index (χ0n) is 6.70. The molecule has 0 saturated heterocycles. The van der Waals surface area contributed by atoms with Gasteiger partial charge in [-0.05, 0) is 23.8 Å². The highest BCUT2D eigenvalue weighted by atomic mass is 35.5. The van der Waals surface area contributed by atoms with Crippen LogP contribution in [0.1, 0.15) is 5.56 Å². The first-order valence-corrected chi connectivity index (χ1v) is 3.98. The van der Waals surface area contributed by atoms with Crippen molar-refractivity contribution < 1.29 is 9.90 Å². The van der Waals surface area contributed by atoms with Gasteiger partial charge in [0, 0.05) is 11.2 Å². The van der Waals surface area contributed by atoms with Crippen molar-refractivity contribution in [3.63, 3.8) is 0 Å². The van der Waals surface area contributed by atoms with E-state index in [0.29, 0.717) is 5.02 Å². The van der Waals surface area contributed by atoms with Crippen molar-refractivity contribution >= 4 is 23.8 Å². The fourth-order valence-electron chi connectivity index (χ4n) is 0.783. The molecule has 0 atom stereocenters. The molecular formula is C9H8ClNO2. The van der Waals surface area contributed by atoms with Gasteiger partial charge in [-0.3, -0.25) is 5.32 Å². The molecule has 1 aromatic carbocycles. The van der Waals surface area contributed by atoms with E-state index in [2.05, 4.69) is 5.32 Å². The van der Waals surface area contributed by atoms with Gasteiger partial charge in [-0.2, -0.15) is 0 Å². The predicted octanol–water partition coefficient (Wildman–Crippen LogP) is 2.58. The maximum Gasteiger partial charge on any atom is 0.408 e. The number of nitrogens with one attached hydrogen (secondary N) is 1. The number of rotatable bonds is 2. The lowest BCUT2D eigenvalue weighted by Crippen LogP contribution is -2.12. The highest BCUT2D eigenvalue weighted by molar-refractivity contribution is 6.30. The molecule has 0 spiro atoms. The van der Waals surface area contributed by atoms with Crippen LogP contribution in [0.25, 0.3) is 6.08 Å². The molecule has 13 heavy (non-hydrogen) atoms. The van der Waals surface area contributed by atoms with Crippen LogP contribution >= 0.6 is 11.6 Å². The molecule has 1 amide bonds. The largest absolute Gasteiger partial charge is 0.465 e. The van der Waals surface area contributed by atoms with Crippen molar-refractivity contribution in [2.45, 2.75) is 0 Å². The maximum absolute atomic E-state index is 10.1. The van der Waals surface area contributed by atoms with Crippen molar-refractivity contribution in [1.82, 2.24) is 5.32 Å². The smallest absolute Gasteiger partial charge is 0.408 e. The first-order chi connectivity index (χ1) is 6.18. The third-order valence-corrected chi connectivity index (χ3v) is 1.60. The zero-order valence-corrected chi connectivity index (χ0v) is 7.45. The van der Waals surface area contributed by atoms with Crippen LogP contribution in [0.15, 0.2) is 30.5 Å². The molecule has 0 aromatic heterocycles. The van der Waals surface area contributed by atoms with E-state index >= 15 is 0 Å². The summed E-state index contributed by atoms with van der Waals surface area (Å²) in [6.07, 6.45) is 1.92. The Morgan fingerprint density at radius 3 is 2.54 bits per heavy atom. The molecule has 0 aliphatic heterocycles. The lowest BCUT2D eigenvalue weighted by Gasteiger charge is -1.93. The summed E-state index contributed by atoms with van der Waals surface area (Å²) in [5.74, 6) is 0. The van der Waals surface area contributed by atoms with Crippen molar-refractivity contribution in [1.29, 1.82) is 0 Å². The molecule has 4 heteroatoms. The summed E-state index contributed by atoms with van der Waals surface area (Å²) in [5.41, 5.74) is 0.887. The summed E-state index contributed by atoms with van der Waals surface area (Å²) in [6.45, 7) is 0. The number of amides is 1. The molecule has 1 rings (SSSR count). The van der Waals surface area contributed by atoms with Crippen molar-refractivity contribution in [2.75, 3.05) is 0 Å². The Labute approximate surface area is 80.6 Å². The third kappa shape index (κ3) is 3.62. The van der Waals surface area contributed by atoms with Gasteiger partial charge in [-0.25, -0.2) is 4.79 Å². The van der Waals surface area contributed by atoms with Crippen LogP contribution in [0, 0.1) is 0 Å². The zero-order chi connectivity index (χ0) is 9.68. The predicted molar refractivity (Wildman–Crippen MR) is 51.6 cm³/mol. The summed E-state index contributed by atoms with van der Waals surface area (Å²) < 4.78 is 0. The number of halogens is 1. The van der Waals surface area contributed by atoms with Gasteiger partial charge in [0.25, 0.3) is 0 Å². The minimum absolute atomic E-state index is 0.656. The van der Waals surface area contributed by atoms with Gasteiger partial charge in [0.15, 0.2) is 0 Å². The number of hydrogen-bond acceptors (Lipinski definition) is 1. The summed E-state index contributed by atoms with van der Waals surface area (Å²) in [4.78, 5) is 10.1. The Bertz CT molecular complexity index is 319. The average Bonchev–Trinajstić information content (AvgIpc) is 2.08. The Hall–Kier alpha value is -1.48. The normalized spacial score (nSPS) is 10.2. The van der Waals surface area contributed by atoms with Crippen LogP contribution < -0.4 is 5.32 Å². The number of carbonyl (C=O) groups is 1. The Morgan fingerprint density at radius 2 is 2.00 bits per heavy atom. The topological polar surface area (TPSA) is 49.3 Å². The van der Waals surface area contributed by atoms with Crippen LogP contribution in [0.4, 0.5) is 4.79 Å². The summed E-state index contributed by atoms with van der Waals surface area (Å²) in [5, 5.41) is 11.0. The Kier molecular flexibility index (Phi) is 3.34. The van der Waals surface area contributed by atoms with Gasteiger partial charge in [0.05, 0.1) is 0 Å². The SMILES string of the molecule is O=C(O)N/C=C/c1ccc(Cl)cc1. The van der Waals surface area contributed by atoms with Crippen molar-refractivity contribution in [2.24, 2.45) is 0 Å². The van der Waals surface area contributed by atoms with Gasteiger partial charge in [-0.1, -0.05) is 23.7 Å². The third-order valence-electron chi connectivity index (χ3n) is 1.35. The molecule has 68 valence electrons. The summed E-state index contributed by atoms with van der Waals surface area (Å²) in [6, 6.07) is 7.06. The fraction of sp³-hybridized carbons (Fsp3) is 0. The summed E-state index contributed by atoms with van der Waals surface area (Å²) >= 11 is 5.66. The van der Waals surface area contributed by atoms with Crippen LogP contribution in [0.5, 0.6) is 0 Å². The van der Waals surface area contributed by atoms with Gasteiger partial charge in [0.2, 0.25) is 0 Å². The van der Waals surface area contributed by atoms with Crippen molar-refractivity contribution in [3.8, 4) is 0 Å². The molecule has 0 aliphatic rings. The molecule has 0 fully saturated rings. The van der Waals surface area contributed by atoms with Crippen LogP contribution in [0.3, 0.4) is 0 Å². The molecule has 3 nitrogen and oxygen atoms in total. The van der Waals surface area contributed by atoms with Gasteiger partial charge >= 0.3 is 6.09 Å². The van der Waals surface area contributed by atoms with E-state index in [4.69, 9.17) is 16.7 Å². The monoisotopic (exact) mass is 197 g/mol.